The molecule has 4 N–H and O–H groups in total. The molecule has 180 valence electrons. The van der Waals surface area contributed by atoms with Gasteiger partial charge in [0.15, 0.2) is 0 Å². The van der Waals surface area contributed by atoms with Crippen LogP contribution in [0.4, 0.5) is 9.59 Å². The number of carbonyl (C=O) groups is 4. The Morgan fingerprint density at radius 2 is 1.12 bits per heavy atom. The zero-order valence-corrected chi connectivity index (χ0v) is 22.3. The molecular formula is C20H30CaN4O6S2. The van der Waals surface area contributed by atoms with Crippen LogP contribution in [0.25, 0.3) is 0 Å². The monoisotopic (exact) mass is 526 g/mol. The van der Waals surface area contributed by atoms with E-state index in [4.69, 9.17) is 0 Å². The summed E-state index contributed by atoms with van der Waals surface area (Å²) in [6.07, 6.45) is 5.28. The Bertz CT molecular complexity index is 660. The van der Waals surface area contributed by atoms with Crippen LogP contribution in [0.1, 0.15) is 51.4 Å². The number of rotatable bonds is 10. The molecule has 0 radical (unpaired) electrons. The topological polar surface area (TPSA) is 163 Å². The first kappa shape index (κ1) is 28.7. The predicted octanol–water partition coefficient (Wildman–Crippen LogP) is -1.46. The number of carboxylic acids is 2. The summed E-state index contributed by atoms with van der Waals surface area (Å²) >= 11 is 3.71. The number of unbranched alkanes of at least 4 members (excludes halogenated alkanes) is 2. The molecule has 6 atom stereocenters. The number of thioether (sulfide) groups is 2. The summed E-state index contributed by atoms with van der Waals surface area (Å²) in [7, 11) is 0. The van der Waals surface area contributed by atoms with Gasteiger partial charge in [-0.2, -0.15) is 23.5 Å². The average molecular weight is 527 g/mol. The van der Waals surface area contributed by atoms with Crippen LogP contribution in [0.3, 0.4) is 0 Å². The van der Waals surface area contributed by atoms with Gasteiger partial charge in [-0.25, -0.2) is 9.59 Å². The molecular weight excluding hydrogens is 496 g/mol. The zero-order chi connectivity index (χ0) is 23.1. The van der Waals surface area contributed by atoms with E-state index in [2.05, 4.69) is 21.3 Å². The second kappa shape index (κ2) is 14.1. The molecule has 0 aromatic rings. The first-order valence-corrected chi connectivity index (χ1v) is 13.2. The normalized spacial score (nSPS) is 31.0. The van der Waals surface area contributed by atoms with Crippen molar-refractivity contribution in [2.45, 2.75) is 86.0 Å². The smallest absolute Gasteiger partial charge is 0.550 e. The van der Waals surface area contributed by atoms with E-state index in [1.54, 1.807) is 0 Å². The summed E-state index contributed by atoms with van der Waals surface area (Å²) in [6.45, 7) is 0. The van der Waals surface area contributed by atoms with Crippen molar-refractivity contribution in [3.63, 3.8) is 0 Å². The summed E-state index contributed by atoms with van der Waals surface area (Å²) in [6, 6.07) is 0.804. The van der Waals surface area contributed by atoms with Crippen LogP contribution in [0.5, 0.6) is 0 Å². The van der Waals surface area contributed by atoms with E-state index < -0.39 is 11.9 Å². The van der Waals surface area contributed by atoms with E-state index in [1.807, 2.05) is 23.5 Å². The van der Waals surface area contributed by atoms with Crippen LogP contribution >= 0.6 is 23.5 Å². The molecule has 4 amide bonds. The third kappa shape index (κ3) is 8.87. The zero-order valence-electron chi connectivity index (χ0n) is 18.5. The van der Waals surface area contributed by atoms with Crippen molar-refractivity contribution in [3.8, 4) is 0 Å². The standard InChI is InChI=1S/2C10H16N2O3S.Ca/c2*13-8(14)4-2-1-3-7-9-6(5-16-7)11-10(15)12-9;/h2*6-7,9H,1-5H2,(H,13,14)(H2,11,12,15);/q;;+2/p-2/t2*6-,7-,9-;/m00./s1. The van der Waals surface area contributed by atoms with Crippen LogP contribution in [0.15, 0.2) is 0 Å². The van der Waals surface area contributed by atoms with Crippen LogP contribution in [0, 0.1) is 0 Å². The number of carbonyl (C=O) groups excluding carboxylic acids is 4. The largest absolute Gasteiger partial charge is 2.00 e. The summed E-state index contributed by atoms with van der Waals surface area (Å²) in [5, 5.41) is 32.9. The molecule has 13 heteroatoms. The molecule has 4 fully saturated rings. The molecule has 4 aliphatic heterocycles. The maximum absolute atomic E-state index is 11.1. The molecule has 0 aromatic heterocycles. The Morgan fingerprint density at radius 3 is 1.48 bits per heavy atom. The number of hydrogen-bond donors (Lipinski definition) is 4. The Labute approximate surface area is 231 Å². The Hall–Kier alpha value is -0.560. The van der Waals surface area contributed by atoms with Crippen LogP contribution < -0.4 is 31.5 Å². The minimum absolute atomic E-state index is 0. The number of fused-ring (bicyclic) bond motifs is 2. The Balaban J connectivity index is 0.000000227. The summed E-state index contributed by atoms with van der Waals surface area (Å²) in [5.74, 6) is -0.0519. The number of nitrogens with one attached hydrogen (secondary N) is 4. The SMILES string of the molecule is O=C([O-])CCCC[C@@H]1SC[C@@H]2NC(=O)N[C@@H]21.O=C([O-])CCCC[C@@H]1SC[C@@H]2NC(=O)N[C@@H]21.[Ca+2]. The summed E-state index contributed by atoms with van der Waals surface area (Å²) in [5.41, 5.74) is 0. The maximum atomic E-state index is 11.1. The van der Waals surface area contributed by atoms with Crippen LogP contribution in [-0.4, -0.2) is 108 Å². The van der Waals surface area contributed by atoms with Gasteiger partial charge in [0.25, 0.3) is 0 Å². The molecule has 0 spiro atoms. The molecule has 10 nitrogen and oxygen atoms in total. The number of amides is 4. The number of aliphatic carboxylic acids is 2. The van der Waals surface area contributed by atoms with Gasteiger partial charge in [-0.3, -0.25) is 0 Å². The van der Waals surface area contributed by atoms with Gasteiger partial charge in [0.1, 0.15) is 0 Å². The van der Waals surface area contributed by atoms with E-state index in [0.717, 1.165) is 37.2 Å². The van der Waals surface area contributed by atoms with Gasteiger partial charge in [0, 0.05) is 33.9 Å². The number of hydrogen-bond acceptors (Lipinski definition) is 8. The van der Waals surface area contributed by atoms with E-state index in [9.17, 15) is 29.4 Å². The van der Waals surface area contributed by atoms with Crippen molar-refractivity contribution in [1.29, 1.82) is 0 Å². The molecule has 4 saturated heterocycles. The molecule has 4 heterocycles. The first-order chi connectivity index (χ1) is 15.3. The van der Waals surface area contributed by atoms with Gasteiger partial charge in [-0.1, -0.05) is 12.8 Å². The number of urea groups is 2. The van der Waals surface area contributed by atoms with Gasteiger partial charge >= 0.3 is 49.8 Å². The van der Waals surface area contributed by atoms with Gasteiger partial charge in [0.05, 0.1) is 24.2 Å². The maximum Gasteiger partial charge on any atom is 2.00 e. The van der Waals surface area contributed by atoms with E-state index in [-0.39, 0.29) is 86.8 Å². The summed E-state index contributed by atoms with van der Waals surface area (Å²) < 4.78 is 0. The van der Waals surface area contributed by atoms with Crippen LogP contribution in [-0.2, 0) is 9.59 Å². The van der Waals surface area contributed by atoms with Crippen LogP contribution in [0.2, 0.25) is 0 Å². The molecule has 0 aromatic carbocycles. The van der Waals surface area contributed by atoms with Gasteiger partial charge in [0.2, 0.25) is 0 Å². The van der Waals surface area contributed by atoms with Crippen molar-refractivity contribution in [1.82, 2.24) is 21.3 Å². The van der Waals surface area contributed by atoms with Crippen molar-refractivity contribution in [2.75, 3.05) is 11.5 Å². The second-order valence-electron chi connectivity index (χ2n) is 8.48. The minimum atomic E-state index is -0.979. The van der Waals surface area contributed by atoms with E-state index in [1.165, 1.54) is 0 Å². The minimum Gasteiger partial charge on any atom is -0.550 e. The fourth-order valence-corrected chi connectivity index (χ4v) is 7.60. The third-order valence-electron chi connectivity index (χ3n) is 6.12. The van der Waals surface area contributed by atoms with Crippen molar-refractivity contribution in [2.24, 2.45) is 0 Å². The molecule has 0 saturated carbocycles. The fourth-order valence-electron chi connectivity index (χ4n) is 4.52. The Kier molecular flexibility index (Phi) is 12.3. The van der Waals surface area contributed by atoms with Gasteiger partial charge in [-0.15, -0.1) is 0 Å². The average Bonchev–Trinajstić information content (AvgIpc) is 3.45. The van der Waals surface area contributed by atoms with Crippen molar-refractivity contribution >= 4 is 85.3 Å². The number of carboxylic acid groups (broad SMARTS) is 2. The second-order valence-corrected chi connectivity index (χ2v) is 11.0. The third-order valence-corrected chi connectivity index (χ3v) is 9.13. The van der Waals surface area contributed by atoms with Crippen molar-refractivity contribution in [3.05, 3.63) is 0 Å². The van der Waals surface area contributed by atoms with E-state index >= 15 is 0 Å². The molecule has 4 rings (SSSR count). The van der Waals surface area contributed by atoms with Crippen molar-refractivity contribution < 1.29 is 29.4 Å². The van der Waals surface area contributed by atoms with Gasteiger partial charge in [-0.05, 0) is 38.5 Å². The first-order valence-electron chi connectivity index (χ1n) is 11.1. The Morgan fingerprint density at radius 1 is 0.727 bits per heavy atom. The van der Waals surface area contributed by atoms with Gasteiger partial charge < -0.3 is 41.1 Å². The molecule has 0 aliphatic carbocycles. The molecule has 0 unspecified atom stereocenters. The van der Waals surface area contributed by atoms with E-state index in [0.29, 0.717) is 23.3 Å². The molecule has 33 heavy (non-hydrogen) atoms. The fraction of sp³-hybridized carbons (Fsp3) is 0.800. The molecule has 4 aliphatic rings. The quantitative estimate of drug-likeness (QED) is 0.153. The predicted molar refractivity (Wildman–Crippen MR) is 124 cm³/mol. The summed E-state index contributed by atoms with van der Waals surface area (Å²) in [4.78, 5) is 42.7. The molecule has 0 bridgehead atoms.